The van der Waals surface area contributed by atoms with Crippen LogP contribution in [-0.4, -0.2) is 54.1 Å². The van der Waals surface area contributed by atoms with Crippen molar-refractivity contribution in [3.63, 3.8) is 0 Å². The maximum atomic E-state index is 12.7. The molecule has 3 aromatic rings. The number of carbonyl (C=O) groups excluding carboxylic acids is 1. The van der Waals surface area contributed by atoms with Crippen LogP contribution in [0.5, 0.6) is 5.75 Å². The molecule has 0 aliphatic carbocycles. The van der Waals surface area contributed by atoms with E-state index in [2.05, 4.69) is 14.9 Å². The lowest BCUT2D eigenvalue weighted by molar-refractivity contribution is -0.130. The second-order valence-electron chi connectivity index (χ2n) is 7.13. The minimum absolute atomic E-state index is 0.101. The van der Waals surface area contributed by atoms with Gasteiger partial charge < -0.3 is 14.5 Å². The fraction of sp³-hybridized carbons (Fsp3) is 0.261. The van der Waals surface area contributed by atoms with Crippen molar-refractivity contribution in [2.75, 3.05) is 38.2 Å². The second-order valence-corrected chi connectivity index (χ2v) is 7.53. The van der Waals surface area contributed by atoms with Gasteiger partial charge in [0.1, 0.15) is 17.9 Å². The molecule has 0 spiro atoms. The molecule has 1 aliphatic heterocycles. The molecule has 1 aliphatic rings. The third-order valence-electron chi connectivity index (χ3n) is 5.29. The number of anilines is 1. The summed E-state index contributed by atoms with van der Waals surface area (Å²) >= 11 is 6.19. The molecule has 0 bridgehead atoms. The number of ether oxygens (including phenoxy) is 1. The Morgan fingerprint density at radius 1 is 1.03 bits per heavy atom. The summed E-state index contributed by atoms with van der Waals surface area (Å²) in [5, 5.41) is 0.636. The molecule has 2 aromatic carbocycles. The highest BCUT2D eigenvalue weighted by Crippen LogP contribution is 2.24. The fourth-order valence-electron chi connectivity index (χ4n) is 3.54. The normalized spacial score (nSPS) is 13.9. The molecule has 1 aromatic heterocycles. The van der Waals surface area contributed by atoms with Crippen molar-refractivity contribution in [3.05, 3.63) is 71.5 Å². The van der Waals surface area contributed by atoms with Crippen LogP contribution in [0.25, 0.3) is 11.3 Å². The van der Waals surface area contributed by atoms with E-state index in [1.807, 2.05) is 59.5 Å². The quantitative estimate of drug-likeness (QED) is 0.627. The number of piperazine rings is 1. The van der Waals surface area contributed by atoms with E-state index in [0.29, 0.717) is 24.5 Å². The van der Waals surface area contributed by atoms with Crippen molar-refractivity contribution in [1.82, 2.24) is 14.9 Å². The van der Waals surface area contributed by atoms with E-state index < -0.39 is 0 Å². The van der Waals surface area contributed by atoms with E-state index in [-0.39, 0.29) is 5.91 Å². The highest BCUT2D eigenvalue weighted by molar-refractivity contribution is 6.31. The van der Waals surface area contributed by atoms with E-state index >= 15 is 0 Å². The average molecular weight is 423 g/mol. The van der Waals surface area contributed by atoms with Crippen molar-refractivity contribution < 1.29 is 9.53 Å². The van der Waals surface area contributed by atoms with Crippen LogP contribution in [0.2, 0.25) is 5.02 Å². The van der Waals surface area contributed by atoms with Crippen LogP contribution in [0.4, 0.5) is 5.82 Å². The Bertz CT molecular complexity index is 1020. The zero-order chi connectivity index (χ0) is 20.9. The number of carbonyl (C=O) groups is 1. The van der Waals surface area contributed by atoms with Gasteiger partial charge in [0.15, 0.2) is 0 Å². The lowest BCUT2D eigenvalue weighted by Gasteiger charge is -2.35. The Morgan fingerprint density at radius 3 is 2.47 bits per heavy atom. The summed E-state index contributed by atoms with van der Waals surface area (Å²) in [6, 6.07) is 17.3. The number of amides is 1. The molecular formula is C23H23ClN4O2. The third-order valence-corrected chi connectivity index (χ3v) is 5.66. The van der Waals surface area contributed by atoms with Crippen molar-refractivity contribution in [2.24, 2.45) is 0 Å². The van der Waals surface area contributed by atoms with Gasteiger partial charge in [0, 0.05) is 42.8 Å². The van der Waals surface area contributed by atoms with Gasteiger partial charge in [0.05, 0.1) is 19.2 Å². The van der Waals surface area contributed by atoms with Gasteiger partial charge in [-0.25, -0.2) is 9.97 Å². The van der Waals surface area contributed by atoms with E-state index in [0.717, 1.165) is 41.5 Å². The monoisotopic (exact) mass is 422 g/mol. The van der Waals surface area contributed by atoms with Gasteiger partial charge in [-0.2, -0.15) is 0 Å². The van der Waals surface area contributed by atoms with Gasteiger partial charge in [0.2, 0.25) is 5.91 Å². The van der Waals surface area contributed by atoms with Crippen molar-refractivity contribution >= 4 is 23.3 Å². The predicted molar refractivity (Wildman–Crippen MR) is 118 cm³/mol. The number of rotatable bonds is 5. The van der Waals surface area contributed by atoms with E-state index in [4.69, 9.17) is 16.3 Å². The van der Waals surface area contributed by atoms with Crippen molar-refractivity contribution in [3.8, 4) is 17.0 Å². The molecule has 0 saturated carbocycles. The zero-order valence-electron chi connectivity index (χ0n) is 16.8. The number of hydrogen-bond acceptors (Lipinski definition) is 5. The summed E-state index contributed by atoms with van der Waals surface area (Å²) in [4.78, 5) is 25.6. The first-order valence-corrected chi connectivity index (χ1v) is 10.2. The highest BCUT2D eigenvalue weighted by Gasteiger charge is 2.22. The molecule has 7 heteroatoms. The molecule has 1 amide bonds. The van der Waals surface area contributed by atoms with Crippen molar-refractivity contribution in [2.45, 2.75) is 6.42 Å². The summed E-state index contributed by atoms with van der Waals surface area (Å²) < 4.78 is 5.22. The first kappa shape index (κ1) is 20.2. The van der Waals surface area contributed by atoms with Gasteiger partial charge in [0.25, 0.3) is 0 Å². The Hall–Kier alpha value is -3.12. The molecule has 1 saturated heterocycles. The molecule has 4 rings (SSSR count). The SMILES string of the molecule is COc1ccc(-c2cc(N3CCN(C(=O)Cc4ccccc4Cl)CC3)ncn2)cc1. The van der Waals surface area contributed by atoms with Gasteiger partial charge in [-0.15, -0.1) is 0 Å². The first-order valence-electron chi connectivity index (χ1n) is 9.86. The molecule has 0 unspecified atom stereocenters. The Labute approximate surface area is 181 Å². The summed E-state index contributed by atoms with van der Waals surface area (Å²) in [6.07, 6.45) is 1.92. The smallest absolute Gasteiger partial charge is 0.227 e. The molecule has 30 heavy (non-hydrogen) atoms. The Kier molecular flexibility index (Phi) is 6.14. The highest BCUT2D eigenvalue weighted by atomic mass is 35.5. The molecule has 6 nitrogen and oxygen atoms in total. The van der Waals surface area contributed by atoms with Crippen LogP contribution in [0.3, 0.4) is 0 Å². The molecule has 0 atom stereocenters. The maximum Gasteiger partial charge on any atom is 0.227 e. The van der Waals surface area contributed by atoms with Crippen LogP contribution < -0.4 is 9.64 Å². The number of hydrogen-bond donors (Lipinski definition) is 0. The first-order chi connectivity index (χ1) is 14.6. The largest absolute Gasteiger partial charge is 0.497 e. The lowest BCUT2D eigenvalue weighted by Crippen LogP contribution is -2.49. The van der Waals surface area contributed by atoms with Gasteiger partial charge in [-0.1, -0.05) is 29.8 Å². The molecular weight excluding hydrogens is 400 g/mol. The predicted octanol–water partition coefficient (Wildman–Crippen LogP) is 3.70. The molecule has 2 heterocycles. The van der Waals surface area contributed by atoms with E-state index in [1.165, 1.54) is 0 Å². The van der Waals surface area contributed by atoms with Crippen LogP contribution in [0.1, 0.15) is 5.56 Å². The number of benzene rings is 2. The van der Waals surface area contributed by atoms with E-state index in [9.17, 15) is 4.79 Å². The number of methoxy groups -OCH3 is 1. The van der Waals surface area contributed by atoms with Crippen LogP contribution in [0.15, 0.2) is 60.9 Å². The summed E-state index contributed by atoms with van der Waals surface area (Å²) in [6.45, 7) is 2.77. The van der Waals surface area contributed by atoms with Crippen LogP contribution in [-0.2, 0) is 11.2 Å². The lowest BCUT2D eigenvalue weighted by atomic mass is 10.1. The standard InChI is InChI=1S/C23H23ClN4O2/c1-30-19-8-6-17(7-9-19)21-15-22(26-16-25-21)27-10-12-28(13-11-27)23(29)14-18-4-2-3-5-20(18)24/h2-9,15-16H,10-14H2,1H3. The van der Waals surface area contributed by atoms with Gasteiger partial charge in [-0.3, -0.25) is 4.79 Å². The van der Waals surface area contributed by atoms with E-state index in [1.54, 1.807) is 13.4 Å². The Balaban J connectivity index is 1.39. The third kappa shape index (κ3) is 4.54. The summed E-state index contributed by atoms with van der Waals surface area (Å²) in [7, 11) is 1.65. The number of halogens is 1. The second kappa shape index (κ2) is 9.13. The zero-order valence-corrected chi connectivity index (χ0v) is 17.5. The average Bonchev–Trinajstić information content (AvgIpc) is 2.81. The minimum Gasteiger partial charge on any atom is -0.497 e. The van der Waals surface area contributed by atoms with Crippen molar-refractivity contribution in [1.29, 1.82) is 0 Å². The molecule has 0 N–H and O–H groups in total. The summed E-state index contributed by atoms with van der Waals surface area (Å²) in [5.74, 6) is 1.78. The number of aromatic nitrogens is 2. The topological polar surface area (TPSA) is 58.6 Å². The summed E-state index contributed by atoms with van der Waals surface area (Å²) in [5.41, 5.74) is 2.74. The van der Waals surface area contributed by atoms with Crippen LogP contribution in [0, 0.1) is 0 Å². The van der Waals surface area contributed by atoms with Crippen LogP contribution >= 0.6 is 11.6 Å². The van der Waals surface area contributed by atoms with Gasteiger partial charge in [-0.05, 0) is 35.9 Å². The molecule has 1 fully saturated rings. The minimum atomic E-state index is 0.101. The molecule has 0 radical (unpaired) electrons. The number of nitrogens with zero attached hydrogens (tertiary/aromatic N) is 4. The maximum absolute atomic E-state index is 12.7. The van der Waals surface area contributed by atoms with Gasteiger partial charge >= 0.3 is 0 Å². The Morgan fingerprint density at radius 2 is 1.77 bits per heavy atom. The fourth-order valence-corrected chi connectivity index (χ4v) is 3.74. The molecule has 154 valence electrons.